The standard InChI is InChI=1S/C53H82O24/c1-20-38(32(58)36(62)46(70-20)76-40-31(57)34(60)44(68)74-41(40)43(66)67)75-45-37(63)33(59)39(21(2)71-45)77-48(69)53-16-14-49(3,4)18-24(53)22-8-9-27-50(5)12-11-25(72-47-35(61)30(56)29(55)26(19-54)73-47)28(42(64)65)23(50)10-13-52(27,7)51(22,6)15-17-53/h8,20-21,23-41,44-47,54-63,68H,9-19H2,1-7H3,(H,64,65)(H,66,67)/t20-,21+,23?,24?,25-,26+,27?,28-,29+,30-,31-,32-,33+,34-,35+,36+,37+,38-,39-,40?,41-,44+,45+,46-,47-,50-,51+,52+,53-/m0/s1. The summed E-state index contributed by atoms with van der Waals surface area (Å²) >= 11 is 0. The number of carboxylic acids is 2. The Morgan fingerprint density at radius 2 is 1.18 bits per heavy atom. The lowest BCUT2D eigenvalue weighted by molar-refractivity contribution is -0.370. The van der Waals surface area contributed by atoms with E-state index in [9.17, 15) is 76.0 Å². The minimum atomic E-state index is -2.06. The summed E-state index contributed by atoms with van der Waals surface area (Å²) in [6.07, 6.45) is -26.4. The second kappa shape index (κ2) is 21.3. The number of esters is 1. The monoisotopic (exact) mass is 1100 g/mol. The number of hydrogen-bond donors (Lipinski definition) is 13. The molecule has 29 atom stereocenters. The van der Waals surface area contributed by atoms with E-state index < -0.39 is 176 Å². The minimum Gasteiger partial charge on any atom is -0.481 e. The molecule has 8 fully saturated rings. The van der Waals surface area contributed by atoms with Crippen LogP contribution in [0.4, 0.5) is 0 Å². The average Bonchev–Trinajstić information content (AvgIpc) is 3.52. The highest BCUT2D eigenvalue weighted by atomic mass is 16.8. The van der Waals surface area contributed by atoms with Crippen LogP contribution in [0.3, 0.4) is 0 Å². The maximum absolute atomic E-state index is 15.1. The molecular weight excluding hydrogens is 1020 g/mol. The molecule has 0 aromatic heterocycles. The van der Waals surface area contributed by atoms with Gasteiger partial charge in [0.1, 0.15) is 73.2 Å². The van der Waals surface area contributed by atoms with Crippen LogP contribution in [0.2, 0.25) is 0 Å². The molecule has 438 valence electrons. The molecule has 24 nitrogen and oxygen atoms in total. The first-order chi connectivity index (χ1) is 36.0. The maximum atomic E-state index is 15.1. The smallest absolute Gasteiger partial charge is 0.335 e. The zero-order valence-corrected chi connectivity index (χ0v) is 44.6. The molecule has 13 N–H and O–H groups in total. The quantitative estimate of drug-likeness (QED) is 0.0656. The van der Waals surface area contributed by atoms with Gasteiger partial charge in [0.25, 0.3) is 0 Å². The van der Waals surface area contributed by atoms with Crippen LogP contribution in [0, 0.1) is 50.7 Å². The summed E-state index contributed by atoms with van der Waals surface area (Å²) in [6.45, 7) is 13.4. The molecular formula is C53H82O24. The largest absolute Gasteiger partial charge is 0.481 e. The van der Waals surface area contributed by atoms with Crippen molar-refractivity contribution in [3.63, 3.8) is 0 Å². The number of carboxylic acid groups (broad SMARTS) is 2. The van der Waals surface area contributed by atoms with Crippen molar-refractivity contribution in [1.29, 1.82) is 0 Å². The number of ether oxygens (including phenoxy) is 8. The number of aliphatic carboxylic acids is 2. The average molecular weight is 1100 g/mol. The lowest BCUT2D eigenvalue weighted by Gasteiger charge is -2.70. The first-order valence-corrected chi connectivity index (χ1v) is 27.3. The SMILES string of the molecule is C[C@@H]1O[C@@H](OC2[C@@H](C(=O)O)O[C@@H](O)[C@@H](O)[C@@H]2O)[C@H](O)[C@H](O)[C@H]1O[C@H]1O[C@H](C)[C@H](OC(=O)[C@]23CCC(C)(C)CC2C2=CCC4[C@@]5(C)CC[C@H](O[C@H]6O[C@H](CO)[C@@H](O)[C@H](O)[C@H]6O)[C@@H](C(=O)O)C5CC[C@@]4(C)[C@]2(C)CC3)[C@H](O)[C@H]1O. The van der Waals surface area contributed by atoms with Gasteiger partial charge in [0.15, 0.2) is 37.4 Å². The Morgan fingerprint density at radius 1 is 0.610 bits per heavy atom. The first kappa shape index (κ1) is 59.1. The summed E-state index contributed by atoms with van der Waals surface area (Å²) in [5, 5.41) is 138. The molecule has 0 amide bonds. The fraction of sp³-hybridized carbons (Fsp3) is 0.906. The third-order valence-corrected chi connectivity index (χ3v) is 20.8. The van der Waals surface area contributed by atoms with Crippen molar-refractivity contribution in [3.8, 4) is 0 Å². The predicted molar refractivity (Wildman–Crippen MR) is 258 cm³/mol. The van der Waals surface area contributed by atoms with Crippen LogP contribution in [-0.2, 0) is 52.3 Å². The third kappa shape index (κ3) is 9.71. The molecule has 4 saturated heterocycles. The lowest BCUT2D eigenvalue weighted by atomic mass is 9.34. The summed E-state index contributed by atoms with van der Waals surface area (Å²) in [4.78, 5) is 40.4. The molecule has 9 rings (SSSR count). The van der Waals surface area contributed by atoms with E-state index in [0.29, 0.717) is 64.2 Å². The van der Waals surface area contributed by atoms with E-state index in [0.717, 1.165) is 0 Å². The van der Waals surface area contributed by atoms with Crippen LogP contribution in [0.1, 0.15) is 113 Å². The van der Waals surface area contributed by atoms with E-state index in [1.54, 1.807) is 0 Å². The molecule has 4 saturated carbocycles. The van der Waals surface area contributed by atoms with Crippen molar-refractivity contribution in [3.05, 3.63) is 11.6 Å². The Labute approximate surface area is 446 Å². The highest BCUT2D eigenvalue weighted by Gasteiger charge is 2.70. The molecule has 0 aromatic carbocycles. The normalized spacial score (nSPS) is 53.6. The minimum absolute atomic E-state index is 0.0334. The zero-order chi connectivity index (χ0) is 56.4. The number of aliphatic hydroxyl groups is 11. The Hall–Kier alpha value is -2.57. The van der Waals surface area contributed by atoms with Crippen molar-refractivity contribution in [2.45, 2.75) is 242 Å². The van der Waals surface area contributed by atoms with Crippen molar-refractivity contribution in [2.75, 3.05) is 6.61 Å². The fourth-order valence-corrected chi connectivity index (χ4v) is 16.0. The second-order valence-corrected chi connectivity index (χ2v) is 25.4. The molecule has 77 heavy (non-hydrogen) atoms. The Kier molecular flexibility index (Phi) is 16.4. The van der Waals surface area contributed by atoms with Crippen LogP contribution in [0.25, 0.3) is 0 Å². The molecule has 9 aliphatic rings. The summed E-state index contributed by atoms with van der Waals surface area (Å²) in [7, 11) is 0. The van der Waals surface area contributed by atoms with Gasteiger partial charge in [-0.05, 0) is 117 Å². The number of fused-ring (bicyclic) bond motifs is 7. The summed E-state index contributed by atoms with van der Waals surface area (Å²) in [6, 6.07) is 0. The predicted octanol–water partition coefficient (Wildman–Crippen LogP) is -1.21. The van der Waals surface area contributed by atoms with E-state index in [-0.39, 0.29) is 28.6 Å². The summed E-state index contributed by atoms with van der Waals surface area (Å²) in [5.41, 5.74) is -1.22. The third-order valence-electron chi connectivity index (χ3n) is 20.8. The molecule has 4 unspecified atom stereocenters. The van der Waals surface area contributed by atoms with Crippen LogP contribution in [0.15, 0.2) is 11.6 Å². The number of allylic oxidation sites excluding steroid dienone is 2. The van der Waals surface area contributed by atoms with Gasteiger partial charge in [0.2, 0.25) is 0 Å². The van der Waals surface area contributed by atoms with E-state index >= 15 is 4.79 Å². The number of carbonyl (C=O) groups is 3. The lowest BCUT2D eigenvalue weighted by Crippen LogP contribution is -2.66. The van der Waals surface area contributed by atoms with E-state index in [1.807, 2.05) is 0 Å². The van der Waals surface area contributed by atoms with E-state index in [4.69, 9.17) is 37.9 Å². The second-order valence-electron chi connectivity index (χ2n) is 25.4. The van der Waals surface area contributed by atoms with E-state index in [1.165, 1.54) is 19.4 Å². The molecule has 0 aromatic rings. The van der Waals surface area contributed by atoms with Crippen molar-refractivity contribution < 1.29 is 119 Å². The van der Waals surface area contributed by atoms with Crippen LogP contribution < -0.4 is 0 Å². The zero-order valence-electron chi connectivity index (χ0n) is 44.6. The Balaban J connectivity index is 0.890. The van der Waals surface area contributed by atoms with Gasteiger partial charge in [0.05, 0.1) is 36.3 Å². The van der Waals surface area contributed by atoms with E-state index in [2.05, 4.69) is 40.7 Å². The van der Waals surface area contributed by atoms with Gasteiger partial charge in [-0.15, -0.1) is 0 Å². The number of aliphatic hydroxyl groups excluding tert-OH is 11. The number of carbonyl (C=O) groups excluding carboxylic acids is 1. The van der Waals surface area contributed by atoms with Gasteiger partial charge in [-0.2, -0.15) is 0 Å². The van der Waals surface area contributed by atoms with Crippen molar-refractivity contribution >= 4 is 17.9 Å². The van der Waals surface area contributed by atoms with Crippen molar-refractivity contribution in [1.82, 2.24) is 0 Å². The fourth-order valence-electron chi connectivity index (χ4n) is 16.0. The van der Waals surface area contributed by atoms with Gasteiger partial charge in [0, 0.05) is 0 Å². The van der Waals surface area contributed by atoms with Gasteiger partial charge in [-0.25, -0.2) is 4.79 Å². The van der Waals surface area contributed by atoms with Gasteiger partial charge < -0.3 is 104 Å². The Bertz CT molecular complexity index is 2210. The summed E-state index contributed by atoms with van der Waals surface area (Å²) < 4.78 is 46.3. The Morgan fingerprint density at radius 3 is 1.81 bits per heavy atom. The molecule has 0 spiro atoms. The number of rotatable bonds is 11. The number of hydrogen-bond acceptors (Lipinski definition) is 22. The topological polar surface area (TPSA) is 388 Å². The highest BCUT2D eigenvalue weighted by molar-refractivity contribution is 5.79. The molecule has 4 aliphatic heterocycles. The van der Waals surface area contributed by atoms with Gasteiger partial charge in [-0.3, -0.25) is 9.59 Å². The molecule has 24 heteroatoms. The summed E-state index contributed by atoms with van der Waals surface area (Å²) in [5.74, 6) is -4.79. The van der Waals surface area contributed by atoms with Crippen LogP contribution >= 0.6 is 0 Å². The molecule has 0 bridgehead atoms. The van der Waals surface area contributed by atoms with Crippen molar-refractivity contribution in [2.24, 2.45) is 50.7 Å². The van der Waals surface area contributed by atoms with Crippen LogP contribution in [0.5, 0.6) is 0 Å². The highest BCUT2D eigenvalue weighted by Crippen LogP contribution is 2.75. The van der Waals surface area contributed by atoms with Crippen LogP contribution in [-0.4, -0.2) is 220 Å². The first-order valence-electron chi connectivity index (χ1n) is 27.3. The van der Waals surface area contributed by atoms with Gasteiger partial charge in [-0.1, -0.05) is 46.3 Å². The molecule has 4 heterocycles. The maximum Gasteiger partial charge on any atom is 0.335 e. The van der Waals surface area contributed by atoms with Gasteiger partial charge >= 0.3 is 17.9 Å². The molecule has 0 radical (unpaired) electrons. The molecule has 5 aliphatic carbocycles.